The first-order valence-electron chi connectivity index (χ1n) is 11.6. The minimum Gasteiger partial charge on any atom is -0.495 e. The second kappa shape index (κ2) is 9.22. The van der Waals surface area contributed by atoms with Crippen LogP contribution in [0.5, 0.6) is 11.5 Å². The summed E-state index contributed by atoms with van der Waals surface area (Å²) in [4.78, 5) is 29.8. The average Bonchev–Trinajstić information content (AvgIpc) is 3.27. The van der Waals surface area contributed by atoms with Crippen LogP contribution in [-0.4, -0.2) is 61.6 Å². The van der Waals surface area contributed by atoms with Gasteiger partial charge >= 0.3 is 6.03 Å². The quantitative estimate of drug-likeness (QED) is 0.691. The van der Waals surface area contributed by atoms with Crippen LogP contribution in [-0.2, 0) is 4.79 Å². The highest BCUT2D eigenvalue weighted by atomic mass is 35.5. The number of methoxy groups -OCH3 is 1. The minimum atomic E-state index is -0.118. The van der Waals surface area contributed by atoms with Crippen molar-refractivity contribution < 1.29 is 19.1 Å². The lowest BCUT2D eigenvalue weighted by Crippen LogP contribution is -2.46. The molecule has 1 spiro atoms. The molecule has 0 saturated carbocycles. The monoisotopic (exact) mass is 481 g/mol. The number of benzene rings is 2. The SMILES string of the molecule is COc1ccccc1NC(=O)N1CCC2(CC1)CCN(C(=O)C1=Cc3cc(Cl)ccc3OC1)C2. The number of nitrogens with one attached hydrogen (secondary N) is 1. The van der Waals surface area contributed by atoms with Gasteiger partial charge in [0.05, 0.1) is 18.4 Å². The molecule has 0 aromatic heterocycles. The molecule has 3 heterocycles. The highest BCUT2D eigenvalue weighted by Crippen LogP contribution is 2.41. The third-order valence-corrected chi connectivity index (χ3v) is 7.38. The van der Waals surface area contributed by atoms with Crippen molar-refractivity contribution in [2.75, 3.05) is 45.2 Å². The number of hydrogen-bond donors (Lipinski definition) is 1. The van der Waals surface area contributed by atoms with Crippen LogP contribution in [0.1, 0.15) is 24.8 Å². The first-order chi connectivity index (χ1) is 16.5. The molecule has 3 aliphatic rings. The van der Waals surface area contributed by atoms with Crippen molar-refractivity contribution in [3.63, 3.8) is 0 Å². The smallest absolute Gasteiger partial charge is 0.321 e. The van der Waals surface area contributed by atoms with Crippen molar-refractivity contribution in [2.45, 2.75) is 19.3 Å². The summed E-state index contributed by atoms with van der Waals surface area (Å²) in [5, 5.41) is 3.58. The van der Waals surface area contributed by atoms with Crippen LogP contribution < -0.4 is 14.8 Å². The lowest BCUT2D eigenvalue weighted by molar-refractivity contribution is -0.127. The predicted octanol–water partition coefficient (Wildman–Crippen LogP) is 4.67. The molecule has 2 saturated heterocycles. The van der Waals surface area contributed by atoms with Crippen LogP contribution in [0, 0.1) is 5.41 Å². The maximum absolute atomic E-state index is 13.2. The summed E-state index contributed by atoms with van der Waals surface area (Å²) in [7, 11) is 1.59. The van der Waals surface area contributed by atoms with E-state index in [0.717, 1.165) is 37.1 Å². The largest absolute Gasteiger partial charge is 0.495 e. The summed E-state index contributed by atoms with van der Waals surface area (Å²) in [6.07, 6.45) is 4.61. The van der Waals surface area contributed by atoms with Crippen LogP contribution in [0.3, 0.4) is 0 Å². The van der Waals surface area contributed by atoms with Crippen LogP contribution in [0.2, 0.25) is 5.02 Å². The Kier molecular flexibility index (Phi) is 6.13. The molecule has 2 fully saturated rings. The molecule has 0 aliphatic carbocycles. The molecule has 0 atom stereocenters. The van der Waals surface area contributed by atoms with Gasteiger partial charge in [-0.2, -0.15) is 0 Å². The average molecular weight is 482 g/mol. The number of nitrogens with zero attached hydrogens (tertiary/aromatic N) is 2. The summed E-state index contributed by atoms with van der Waals surface area (Å²) in [6, 6.07) is 12.7. The summed E-state index contributed by atoms with van der Waals surface area (Å²) in [5.41, 5.74) is 2.22. The molecule has 178 valence electrons. The van der Waals surface area contributed by atoms with E-state index in [1.54, 1.807) is 13.2 Å². The van der Waals surface area contributed by atoms with E-state index >= 15 is 0 Å². The zero-order chi connectivity index (χ0) is 23.7. The van der Waals surface area contributed by atoms with E-state index < -0.39 is 0 Å². The highest BCUT2D eigenvalue weighted by molar-refractivity contribution is 6.30. The Hall–Kier alpha value is -3.19. The molecule has 1 N–H and O–H groups in total. The summed E-state index contributed by atoms with van der Waals surface area (Å²) >= 11 is 6.10. The number of carbonyl (C=O) groups is 2. The van der Waals surface area contributed by atoms with Crippen molar-refractivity contribution in [2.24, 2.45) is 5.41 Å². The maximum atomic E-state index is 13.2. The first-order valence-corrected chi connectivity index (χ1v) is 12.0. The van der Waals surface area contributed by atoms with Crippen molar-refractivity contribution in [3.05, 3.63) is 58.6 Å². The molecule has 0 unspecified atom stereocenters. The van der Waals surface area contributed by atoms with Gasteiger partial charge in [-0.3, -0.25) is 4.79 Å². The molecule has 7 nitrogen and oxygen atoms in total. The van der Waals surface area contributed by atoms with Gasteiger partial charge in [-0.05, 0) is 61.1 Å². The van der Waals surface area contributed by atoms with E-state index in [9.17, 15) is 9.59 Å². The lowest BCUT2D eigenvalue weighted by atomic mass is 9.78. The molecule has 5 rings (SSSR count). The van der Waals surface area contributed by atoms with Gasteiger partial charge in [0.2, 0.25) is 0 Å². The Morgan fingerprint density at radius 1 is 1.06 bits per heavy atom. The summed E-state index contributed by atoms with van der Waals surface area (Å²) < 4.78 is 11.1. The number of urea groups is 1. The van der Waals surface area contributed by atoms with E-state index in [0.29, 0.717) is 41.7 Å². The molecule has 2 aromatic rings. The molecule has 2 aromatic carbocycles. The number of likely N-dealkylation sites (tertiary alicyclic amines) is 2. The Morgan fingerprint density at radius 2 is 1.79 bits per heavy atom. The van der Waals surface area contributed by atoms with Gasteiger partial charge in [-0.1, -0.05) is 23.7 Å². The van der Waals surface area contributed by atoms with E-state index in [2.05, 4.69) is 5.32 Å². The third kappa shape index (κ3) is 4.44. The number of ether oxygens (including phenoxy) is 2. The number of rotatable bonds is 3. The molecule has 0 bridgehead atoms. The van der Waals surface area contributed by atoms with E-state index in [1.165, 1.54) is 0 Å². The zero-order valence-corrected chi connectivity index (χ0v) is 19.9. The zero-order valence-electron chi connectivity index (χ0n) is 19.2. The summed E-state index contributed by atoms with van der Waals surface area (Å²) in [5.74, 6) is 1.41. The highest BCUT2D eigenvalue weighted by Gasteiger charge is 2.43. The second-order valence-corrected chi connectivity index (χ2v) is 9.67. The van der Waals surface area contributed by atoms with E-state index in [-0.39, 0.29) is 24.0 Å². The standard InChI is InChI=1S/C26H28ClN3O4/c1-33-23-5-3-2-4-21(23)28-25(32)29-11-8-26(9-12-29)10-13-30(17-26)24(31)19-14-18-15-20(27)6-7-22(18)34-16-19/h2-7,14-15H,8-13,16-17H2,1H3,(H,28,32). The number of hydrogen-bond acceptors (Lipinski definition) is 4. The van der Waals surface area contributed by atoms with Gasteiger partial charge < -0.3 is 24.6 Å². The Labute approximate surface area is 204 Å². The van der Waals surface area contributed by atoms with Gasteiger partial charge in [0.15, 0.2) is 0 Å². The number of carbonyl (C=O) groups excluding carboxylic acids is 2. The molecular weight excluding hydrogens is 454 g/mol. The van der Waals surface area contributed by atoms with Gasteiger partial charge in [0.1, 0.15) is 18.1 Å². The minimum absolute atomic E-state index is 0.0267. The number of para-hydroxylation sites is 2. The molecule has 8 heteroatoms. The van der Waals surface area contributed by atoms with Crippen molar-refractivity contribution >= 4 is 35.3 Å². The van der Waals surface area contributed by atoms with Crippen molar-refractivity contribution in [1.29, 1.82) is 0 Å². The lowest BCUT2D eigenvalue weighted by Gasteiger charge is -2.39. The number of amides is 3. The van der Waals surface area contributed by atoms with Crippen LogP contribution in [0.25, 0.3) is 6.08 Å². The van der Waals surface area contributed by atoms with Crippen LogP contribution >= 0.6 is 11.6 Å². The number of anilines is 1. The Morgan fingerprint density at radius 3 is 2.56 bits per heavy atom. The topological polar surface area (TPSA) is 71.1 Å². The number of piperidine rings is 1. The fourth-order valence-corrected chi connectivity index (χ4v) is 5.30. The fraction of sp³-hybridized carbons (Fsp3) is 0.385. The van der Waals surface area contributed by atoms with E-state index in [4.69, 9.17) is 21.1 Å². The Balaban J connectivity index is 1.19. The normalized spacial score (nSPS) is 18.7. The third-order valence-electron chi connectivity index (χ3n) is 7.14. The molecule has 3 amide bonds. The van der Waals surface area contributed by atoms with Crippen LogP contribution in [0.15, 0.2) is 48.0 Å². The molecule has 0 radical (unpaired) electrons. The number of halogens is 1. The summed E-state index contributed by atoms with van der Waals surface area (Å²) in [6.45, 7) is 3.05. The van der Waals surface area contributed by atoms with Gasteiger partial charge in [0, 0.05) is 36.8 Å². The van der Waals surface area contributed by atoms with Gasteiger partial charge in [-0.25, -0.2) is 4.79 Å². The molecule has 34 heavy (non-hydrogen) atoms. The van der Waals surface area contributed by atoms with Crippen LogP contribution in [0.4, 0.5) is 10.5 Å². The fourth-order valence-electron chi connectivity index (χ4n) is 5.12. The number of fused-ring (bicyclic) bond motifs is 1. The first kappa shape index (κ1) is 22.6. The molecular formula is C26H28ClN3O4. The van der Waals surface area contributed by atoms with E-state index in [1.807, 2.05) is 52.3 Å². The van der Waals surface area contributed by atoms with Crippen molar-refractivity contribution in [3.8, 4) is 11.5 Å². The predicted molar refractivity (Wildman–Crippen MR) is 131 cm³/mol. The molecule has 3 aliphatic heterocycles. The van der Waals surface area contributed by atoms with Crippen molar-refractivity contribution in [1.82, 2.24) is 9.80 Å². The second-order valence-electron chi connectivity index (χ2n) is 9.23. The maximum Gasteiger partial charge on any atom is 0.321 e. The Bertz CT molecular complexity index is 1140. The van der Waals surface area contributed by atoms with Gasteiger partial charge in [0.25, 0.3) is 5.91 Å². The van der Waals surface area contributed by atoms with Gasteiger partial charge in [-0.15, -0.1) is 0 Å².